The van der Waals surface area contributed by atoms with Crippen molar-refractivity contribution in [3.8, 4) is 11.8 Å². The number of hydrogen-bond acceptors (Lipinski definition) is 4. The first-order valence-electron chi connectivity index (χ1n) is 7.92. The molecule has 0 saturated heterocycles. The molecule has 0 aliphatic heterocycles. The highest BCUT2D eigenvalue weighted by Crippen LogP contribution is 2.24. The lowest BCUT2D eigenvalue weighted by atomic mass is 10.1. The number of para-hydroxylation sites is 1. The number of carbonyl (C=O) groups is 2. The highest BCUT2D eigenvalue weighted by atomic mass is 16.5. The van der Waals surface area contributed by atoms with Crippen molar-refractivity contribution in [1.29, 1.82) is 5.26 Å². The van der Waals surface area contributed by atoms with Gasteiger partial charge in [0.1, 0.15) is 11.8 Å². The maximum Gasteiger partial charge on any atom is 0.251 e. The molecule has 0 spiro atoms. The molecule has 0 unspecified atom stereocenters. The standard InChI is InChI=1S/C20H19N3O3/c1-22-20(25)15-10-7-14(8-11-15)9-12-19(24)23-17(13-21)16-5-3-4-6-18(16)26-2/h3-12,17H,1-2H3,(H,22,25)(H,23,24)/b12-9-/t17-/m1/s1. The maximum absolute atomic E-state index is 12.1. The van der Waals surface area contributed by atoms with Gasteiger partial charge in [-0.1, -0.05) is 30.3 Å². The van der Waals surface area contributed by atoms with E-state index in [1.807, 2.05) is 0 Å². The van der Waals surface area contributed by atoms with E-state index >= 15 is 0 Å². The molecule has 26 heavy (non-hydrogen) atoms. The molecule has 6 nitrogen and oxygen atoms in total. The molecule has 0 saturated carbocycles. The summed E-state index contributed by atoms with van der Waals surface area (Å²) in [6, 6.07) is 15.1. The molecule has 0 fully saturated rings. The fourth-order valence-corrected chi connectivity index (χ4v) is 2.34. The Hall–Kier alpha value is -3.59. The number of amides is 2. The van der Waals surface area contributed by atoms with Gasteiger partial charge in [0, 0.05) is 24.3 Å². The number of carbonyl (C=O) groups excluding carboxylic acids is 2. The zero-order valence-corrected chi connectivity index (χ0v) is 14.5. The van der Waals surface area contributed by atoms with Crippen molar-refractivity contribution in [2.75, 3.05) is 14.2 Å². The minimum Gasteiger partial charge on any atom is -0.496 e. The number of nitriles is 1. The van der Waals surface area contributed by atoms with Gasteiger partial charge in [0.25, 0.3) is 5.91 Å². The van der Waals surface area contributed by atoms with E-state index in [2.05, 4.69) is 16.7 Å². The van der Waals surface area contributed by atoms with Crippen molar-refractivity contribution in [3.05, 3.63) is 71.3 Å². The molecule has 0 aliphatic rings. The number of rotatable bonds is 6. The minimum absolute atomic E-state index is 0.174. The van der Waals surface area contributed by atoms with Crippen LogP contribution in [0.5, 0.6) is 5.75 Å². The van der Waals surface area contributed by atoms with Crippen molar-refractivity contribution in [2.45, 2.75) is 6.04 Å². The molecular weight excluding hydrogens is 330 g/mol. The summed E-state index contributed by atoms with van der Waals surface area (Å²) in [6.07, 6.45) is 2.95. The van der Waals surface area contributed by atoms with Gasteiger partial charge in [-0.05, 0) is 29.8 Å². The van der Waals surface area contributed by atoms with Gasteiger partial charge >= 0.3 is 0 Å². The maximum atomic E-state index is 12.1. The SMILES string of the molecule is CNC(=O)c1ccc(/C=C\C(=O)N[C@H](C#N)c2ccccc2OC)cc1. The molecule has 132 valence electrons. The number of ether oxygens (including phenoxy) is 1. The summed E-state index contributed by atoms with van der Waals surface area (Å²) in [6.45, 7) is 0. The van der Waals surface area contributed by atoms with Crippen LogP contribution in [0.1, 0.15) is 27.5 Å². The third-order valence-electron chi connectivity index (χ3n) is 3.69. The van der Waals surface area contributed by atoms with E-state index in [1.54, 1.807) is 61.7 Å². The molecule has 2 aromatic rings. The van der Waals surface area contributed by atoms with E-state index in [1.165, 1.54) is 13.2 Å². The largest absolute Gasteiger partial charge is 0.496 e. The molecule has 2 aromatic carbocycles. The van der Waals surface area contributed by atoms with E-state index in [0.717, 1.165) is 5.56 Å². The third-order valence-corrected chi connectivity index (χ3v) is 3.69. The van der Waals surface area contributed by atoms with Crippen molar-refractivity contribution in [2.24, 2.45) is 0 Å². The normalized spacial score (nSPS) is 11.4. The predicted octanol–water partition coefficient (Wildman–Crippen LogP) is 2.45. The van der Waals surface area contributed by atoms with Gasteiger partial charge in [0.05, 0.1) is 13.2 Å². The van der Waals surface area contributed by atoms with Crippen LogP contribution in [0, 0.1) is 11.3 Å². The second kappa shape index (κ2) is 9.04. The Morgan fingerprint density at radius 3 is 2.46 bits per heavy atom. The van der Waals surface area contributed by atoms with Gasteiger partial charge in [-0.2, -0.15) is 5.26 Å². The average Bonchev–Trinajstić information content (AvgIpc) is 2.70. The fraction of sp³-hybridized carbons (Fsp3) is 0.150. The van der Waals surface area contributed by atoms with Gasteiger partial charge in [-0.3, -0.25) is 9.59 Å². The van der Waals surface area contributed by atoms with Crippen LogP contribution in [0.25, 0.3) is 6.08 Å². The van der Waals surface area contributed by atoms with Crippen LogP contribution in [-0.4, -0.2) is 26.0 Å². The minimum atomic E-state index is -0.820. The molecule has 0 radical (unpaired) electrons. The predicted molar refractivity (Wildman–Crippen MR) is 98.4 cm³/mol. The second-order valence-electron chi connectivity index (χ2n) is 5.35. The Labute approximate surface area is 152 Å². The second-order valence-corrected chi connectivity index (χ2v) is 5.35. The summed E-state index contributed by atoms with van der Waals surface area (Å²) >= 11 is 0. The molecule has 6 heteroatoms. The first-order valence-corrected chi connectivity index (χ1v) is 7.92. The first kappa shape index (κ1) is 18.7. The highest BCUT2D eigenvalue weighted by Gasteiger charge is 2.16. The lowest BCUT2D eigenvalue weighted by Gasteiger charge is -2.14. The van der Waals surface area contributed by atoms with Gasteiger partial charge in [0.2, 0.25) is 5.91 Å². The van der Waals surface area contributed by atoms with Gasteiger partial charge in [-0.15, -0.1) is 0 Å². The fourth-order valence-electron chi connectivity index (χ4n) is 2.34. The number of nitrogens with one attached hydrogen (secondary N) is 2. The van der Waals surface area contributed by atoms with E-state index in [9.17, 15) is 14.9 Å². The quantitative estimate of drug-likeness (QED) is 0.784. The molecule has 0 aromatic heterocycles. The number of hydrogen-bond donors (Lipinski definition) is 2. The molecule has 2 N–H and O–H groups in total. The molecule has 1 atom stereocenters. The first-order chi connectivity index (χ1) is 12.6. The van der Waals surface area contributed by atoms with Gasteiger partial charge < -0.3 is 15.4 Å². The van der Waals surface area contributed by atoms with E-state index < -0.39 is 11.9 Å². The summed E-state index contributed by atoms with van der Waals surface area (Å²) in [7, 11) is 3.07. The highest BCUT2D eigenvalue weighted by molar-refractivity contribution is 5.95. The van der Waals surface area contributed by atoms with E-state index in [0.29, 0.717) is 16.9 Å². The topological polar surface area (TPSA) is 91.2 Å². The van der Waals surface area contributed by atoms with Gasteiger partial charge in [0.15, 0.2) is 0 Å². The Bertz CT molecular complexity index is 851. The lowest BCUT2D eigenvalue weighted by molar-refractivity contribution is -0.116. The summed E-state index contributed by atoms with van der Waals surface area (Å²) in [5, 5.41) is 14.5. The molecule has 2 rings (SSSR count). The van der Waals surface area contributed by atoms with Crippen molar-refractivity contribution < 1.29 is 14.3 Å². The smallest absolute Gasteiger partial charge is 0.251 e. The molecule has 0 heterocycles. The lowest BCUT2D eigenvalue weighted by Crippen LogP contribution is -2.26. The number of methoxy groups -OCH3 is 1. The van der Waals surface area contributed by atoms with Gasteiger partial charge in [-0.25, -0.2) is 0 Å². The monoisotopic (exact) mass is 349 g/mol. The Morgan fingerprint density at radius 2 is 1.85 bits per heavy atom. The summed E-state index contributed by atoms with van der Waals surface area (Å²) in [5.74, 6) is -0.0436. The van der Waals surface area contributed by atoms with Crippen molar-refractivity contribution in [1.82, 2.24) is 10.6 Å². The molecule has 0 aliphatic carbocycles. The summed E-state index contributed by atoms with van der Waals surface area (Å²) in [5.41, 5.74) is 1.89. The van der Waals surface area contributed by atoms with Crippen LogP contribution in [0.15, 0.2) is 54.6 Å². The van der Waals surface area contributed by atoms with Crippen LogP contribution in [-0.2, 0) is 4.79 Å². The van der Waals surface area contributed by atoms with Crippen LogP contribution >= 0.6 is 0 Å². The zero-order chi connectivity index (χ0) is 18.9. The number of benzene rings is 2. The average molecular weight is 349 g/mol. The molecular formula is C20H19N3O3. The van der Waals surface area contributed by atoms with Crippen molar-refractivity contribution >= 4 is 17.9 Å². The zero-order valence-electron chi connectivity index (χ0n) is 14.5. The summed E-state index contributed by atoms with van der Waals surface area (Å²) in [4.78, 5) is 23.6. The molecule has 0 bridgehead atoms. The van der Waals surface area contributed by atoms with Crippen LogP contribution in [0.4, 0.5) is 0 Å². The van der Waals surface area contributed by atoms with Crippen LogP contribution in [0.3, 0.4) is 0 Å². The van der Waals surface area contributed by atoms with E-state index in [4.69, 9.17) is 4.74 Å². The molecule has 2 amide bonds. The van der Waals surface area contributed by atoms with E-state index in [-0.39, 0.29) is 5.91 Å². The van der Waals surface area contributed by atoms with Crippen LogP contribution < -0.4 is 15.4 Å². The summed E-state index contributed by atoms with van der Waals surface area (Å²) < 4.78 is 5.23. The van der Waals surface area contributed by atoms with Crippen LogP contribution in [0.2, 0.25) is 0 Å². The van der Waals surface area contributed by atoms with Crippen molar-refractivity contribution in [3.63, 3.8) is 0 Å². The third kappa shape index (κ3) is 4.71. The number of nitrogens with zero attached hydrogens (tertiary/aromatic N) is 1. The Balaban J connectivity index is 2.06. The Kier molecular flexibility index (Phi) is 6.52. The Morgan fingerprint density at radius 1 is 1.15 bits per heavy atom.